The summed E-state index contributed by atoms with van der Waals surface area (Å²) in [7, 11) is 0. The van der Waals surface area contributed by atoms with Crippen molar-refractivity contribution in [2.45, 2.75) is 39.2 Å². The lowest BCUT2D eigenvalue weighted by atomic mass is 9.93. The van der Waals surface area contributed by atoms with Gasteiger partial charge < -0.3 is 5.32 Å². The predicted octanol–water partition coefficient (Wildman–Crippen LogP) is 1.04. The molecule has 0 fully saturated rings. The average Bonchev–Trinajstić information content (AvgIpc) is 2.64. The molecule has 0 saturated heterocycles. The van der Waals surface area contributed by atoms with Crippen molar-refractivity contribution in [3.8, 4) is 0 Å². The second-order valence-electron chi connectivity index (χ2n) is 4.48. The molecule has 4 nitrogen and oxygen atoms in total. The van der Waals surface area contributed by atoms with Crippen LogP contribution in [-0.2, 0) is 17.6 Å². The minimum atomic E-state index is 0.0631. The van der Waals surface area contributed by atoms with E-state index in [1.165, 1.54) is 11.3 Å². The van der Waals surface area contributed by atoms with Gasteiger partial charge in [0, 0.05) is 24.1 Å². The molecule has 0 aliphatic heterocycles. The number of carbonyl (C=O) groups excluding carboxylic acids is 1. The van der Waals surface area contributed by atoms with Crippen molar-refractivity contribution in [3.63, 3.8) is 0 Å². The molecule has 1 unspecified atom stereocenters. The maximum Gasteiger partial charge on any atom is 0.222 e. The highest BCUT2D eigenvalue weighted by atomic mass is 16.1. The number of aromatic nitrogens is 2. The molecule has 1 aromatic heterocycles. The molecule has 0 aromatic carbocycles. The third kappa shape index (κ3) is 2.19. The van der Waals surface area contributed by atoms with Crippen LogP contribution in [-0.4, -0.2) is 22.1 Å². The number of aromatic amines is 1. The van der Waals surface area contributed by atoms with Gasteiger partial charge in [-0.15, -0.1) is 0 Å². The van der Waals surface area contributed by atoms with E-state index < -0.39 is 0 Å². The third-order valence-electron chi connectivity index (χ3n) is 2.89. The molecule has 1 atom stereocenters. The highest BCUT2D eigenvalue weighted by Crippen LogP contribution is 2.18. The lowest BCUT2D eigenvalue weighted by Crippen LogP contribution is -2.40. The van der Waals surface area contributed by atoms with E-state index in [1.54, 1.807) is 0 Å². The smallest absolute Gasteiger partial charge is 0.222 e. The lowest BCUT2D eigenvalue weighted by Gasteiger charge is -2.23. The number of rotatable bonds is 2. The first-order valence-electron chi connectivity index (χ1n) is 5.48. The second-order valence-corrected chi connectivity index (χ2v) is 4.48. The summed E-state index contributed by atoms with van der Waals surface area (Å²) in [5.74, 6) is 0.205. The summed E-state index contributed by atoms with van der Waals surface area (Å²) < 4.78 is 0. The molecule has 1 aliphatic carbocycles. The molecule has 0 saturated carbocycles. The van der Waals surface area contributed by atoms with E-state index in [0.717, 1.165) is 19.3 Å². The number of hydrogen-bond donors (Lipinski definition) is 2. The maximum absolute atomic E-state index is 11.5. The van der Waals surface area contributed by atoms with Crippen molar-refractivity contribution in [2.75, 3.05) is 0 Å². The number of aryl methyl sites for hydroxylation is 1. The van der Waals surface area contributed by atoms with Crippen LogP contribution in [0, 0.1) is 5.92 Å². The first-order valence-corrected chi connectivity index (χ1v) is 5.48. The largest absolute Gasteiger partial charge is 0.353 e. The Balaban J connectivity index is 1.96. The molecule has 0 spiro atoms. The summed E-state index contributed by atoms with van der Waals surface area (Å²) in [4.78, 5) is 11.5. The Morgan fingerprint density at radius 1 is 1.67 bits per heavy atom. The van der Waals surface area contributed by atoms with Gasteiger partial charge in [-0.25, -0.2) is 0 Å². The maximum atomic E-state index is 11.5. The van der Waals surface area contributed by atoms with Gasteiger partial charge in [0.2, 0.25) is 5.91 Å². The average molecular weight is 207 g/mol. The zero-order chi connectivity index (χ0) is 10.8. The van der Waals surface area contributed by atoms with E-state index >= 15 is 0 Å². The highest BCUT2D eigenvalue weighted by Gasteiger charge is 2.22. The summed E-state index contributed by atoms with van der Waals surface area (Å²) in [6.07, 6.45) is 4.80. The Morgan fingerprint density at radius 3 is 3.20 bits per heavy atom. The van der Waals surface area contributed by atoms with Crippen LogP contribution in [0.4, 0.5) is 0 Å². The number of carbonyl (C=O) groups is 1. The van der Waals surface area contributed by atoms with Crippen molar-refractivity contribution in [1.29, 1.82) is 0 Å². The Kier molecular flexibility index (Phi) is 2.75. The first kappa shape index (κ1) is 10.2. The van der Waals surface area contributed by atoms with E-state index in [9.17, 15) is 4.79 Å². The number of fused-ring (bicyclic) bond motifs is 1. The van der Waals surface area contributed by atoms with Crippen molar-refractivity contribution in [2.24, 2.45) is 5.92 Å². The van der Waals surface area contributed by atoms with Gasteiger partial charge in [-0.05, 0) is 18.4 Å². The van der Waals surface area contributed by atoms with Crippen molar-refractivity contribution in [1.82, 2.24) is 15.5 Å². The monoisotopic (exact) mass is 207 g/mol. The highest BCUT2D eigenvalue weighted by molar-refractivity contribution is 5.78. The number of nitrogens with one attached hydrogen (secondary N) is 2. The third-order valence-corrected chi connectivity index (χ3v) is 2.89. The van der Waals surface area contributed by atoms with Crippen LogP contribution < -0.4 is 5.32 Å². The van der Waals surface area contributed by atoms with Gasteiger partial charge in [0.15, 0.2) is 0 Å². The molecule has 0 bridgehead atoms. The molecule has 2 rings (SSSR count). The topological polar surface area (TPSA) is 57.8 Å². The van der Waals surface area contributed by atoms with Crippen LogP contribution in [0.3, 0.4) is 0 Å². The van der Waals surface area contributed by atoms with Gasteiger partial charge in [-0.1, -0.05) is 13.8 Å². The van der Waals surface area contributed by atoms with E-state index in [0.29, 0.717) is 0 Å². The molecule has 1 aromatic rings. The molecular weight excluding hydrogens is 190 g/mol. The molecule has 15 heavy (non-hydrogen) atoms. The van der Waals surface area contributed by atoms with Crippen LogP contribution in [0.15, 0.2) is 6.20 Å². The van der Waals surface area contributed by atoms with Gasteiger partial charge in [0.05, 0.1) is 6.20 Å². The Bertz CT molecular complexity index is 356. The minimum Gasteiger partial charge on any atom is -0.353 e. The molecule has 1 aliphatic rings. The summed E-state index contributed by atoms with van der Waals surface area (Å²) >= 11 is 0. The number of amides is 1. The fourth-order valence-corrected chi connectivity index (χ4v) is 1.90. The molecule has 4 heteroatoms. The number of nitrogens with zero attached hydrogens (tertiary/aromatic N) is 1. The number of H-pyrrole nitrogens is 1. The van der Waals surface area contributed by atoms with Gasteiger partial charge >= 0.3 is 0 Å². The van der Waals surface area contributed by atoms with Crippen LogP contribution in [0.25, 0.3) is 0 Å². The van der Waals surface area contributed by atoms with Gasteiger partial charge in [-0.2, -0.15) is 5.10 Å². The van der Waals surface area contributed by atoms with Crippen molar-refractivity contribution in [3.05, 3.63) is 17.5 Å². The lowest BCUT2D eigenvalue weighted by molar-refractivity contribution is -0.124. The SMILES string of the molecule is CC(C)C(=O)NC1CCc2cn[nH]c2C1. The zero-order valence-corrected chi connectivity index (χ0v) is 9.21. The second kappa shape index (κ2) is 4.04. The van der Waals surface area contributed by atoms with E-state index in [2.05, 4.69) is 15.5 Å². The van der Waals surface area contributed by atoms with Crippen molar-refractivity contribution >= 4 is 5.91 Å². The van der Waals surface area contributed by atoms with Gasteiger partial charge in [-0.3, -0.25) is 9.89 Å². The minimum absolute atomic E-state index is 0.0631. The van der Waals surface area contributed by atoms with Gasteiger partial charge in [0.25, 0.3) is 0 Å². The van der Waals surface area contributed by atoms with Crippen LogP contribution >= 0.6 is 0 Å². The summed E-state index contributed by atoms with van der Waals surface area (Å²) in [5.41, 5.74) is 2.47. The Labute approximate surface area is 89.5 Å². The standard InChI is InChI=1S/C11H17N3O/c1-7(2)11(15)13-9-4-3-8-6-12-14-10(8)5-9/h6-7,9H,3-5H2,1-2H3,(H,12,14)(H,13,15). The summed E-state index contributed by atoms with van der Waals surface area (Å²) in [6, 6.07) is 0.271. The normalized spacial score (nSPS) is 20.1. The fourth-order valence-electron chi connectivity index (χ4n) is 1.90. The molecular formula is C11H17N3O. The molecule has 0 radical (unpaired) electrons. The van der Waals surface area contributed by atoms with E-state index in [1.807, 2.05) is 20.0 Å². The molecule has 1 amide bonds. The summed E-state index contributed by atoms with van der Waals surface area (Å²) in [5, 5.41) is 10.1. The van der Waals surface area contributed by atoms with Crippen LogP contribution in [0.2, 0.25) is 0 Å². The first-order chi connectivity index (χ1) is 7.16. The van der Waals surface area contributed by atoms with E-state index in [-0.39, 0.29) is 17.9 Å². The molecule has 82 valence electrons. The molecule has 1 heterocycles. The Morgan fingerprint density at radius 2 is 2.47 bits per heavy atom. The molecule has 2 N–H and O–H groups in total. The summed E-state index contributed by atoms with van der Waals surface area (Å²) in [6.45, 7) is 3.83. The van der Waals surface area contributed by atoms with Crippen LogP contribution in [0.1, 0.15) is 31.5 Å². The predicted molar refractivity (Wildman–Crippen MR) is 57.4 cm³/mol. The quantitative estimate of drug-likeness (QED) is 0.761. The van der Waals surface area contributed by atoms with Gasteiger partial charge in [0.1, 0.15) is 0 Å². The van der Waals surface area contributed by atoms with Crippen LogP contribution in [0.5, 0.6) is 0 Å². The zero-order valence-electron chi connectivity index (χ0n) is 9.21. The number of hydrogen-bond acceptors (Lipinski definition) is 2. The Hall–Kier alpha value is -1.32. The van der Waals surface area contributed by atoms with Crippen molar-refractivity contribution < 1.29 is 4.79 Å². The van der Waals surface area contributed by atoms with E-state index in [4.69, 9.17) is 0 Å². The fraction of sp³-hybridized carbons (Fsp3) is 0.636.